The minimum atomic E-state index is -4.78. The number of nitrogens with zero attached hydrogens (tertiary/aromatic N) is 4. The normalized spacial score (nSPS) is 16.0. The first-order valence-electron chi connectivity index (χ1n) is 13.9. The van der Waals surface area contributed by atoms with Crippen LogP contribution in [-0.2, 0) is 20.8 Å². The van der Waals surface area contributed by atoms with Gasteiger partial charge in [-0.15, -0.1) is 5.10 Å². The summed E-state index contributed by atoms with van der Waals surface area (Å²) in [6, 6.07) is 4.20. The number of ketones is 1. The Bertz CT molecular complexity index is 1310. The molecule has 1 fully saturated rings. The fraction of sp³-hybridized carbons (Fsp3) is 0.464. The van der Waals surface area contributed by atoms with Crippen molar-refractivity contribution in [1.82, 2.24) is 41.6 Å². The Balaban J connectivity index is 1.54. The van der Waals surface area contributed by atoms with Crippen LogP contribution in [-0.4, -0.2) is 67.5 Å². The highest BCUT2D eigenvalue weighted by Gasteiger charge is 2.43. The number of aromatic nitrogens is 5. The Morgan fingerprint density at radius 1 is 1.05 bits per heavy atom. The van der Waals surface area contributed by atoms with Crippen LogP contribution in [0.2, 0.25) is 0 Å². The van der Waals surface area contributed by atoms with Gasteiger partial charge < -0.3 is 10.6 Å². The molecule has 11 nitrogen and oxygen atoms in total. The lowest BCUT2D eigenvalue weighted by molar-refractivity contribution is -0.161. The summed E-state index contributed by atoms with van der Waals surface area (Å²) in [5.41, 5.74) is 1.28. The number of benzene rings is 1. The molecule has 3 atom stereocenters. The summed E-state index contributed by atoms with van der Waals surface area (Å²) in [5.74, 6) is -2.48. The van der Waals surface area contributed by atoms with E-state index < -0.39 is 41.9 Å². The lowest BCUT2D eigenvalue weighted by Gasteiger charge is -2.28. The minimum Gasteiger partial charge on any atom is -0.347 e. The molecule has 1 aliphatic rings. The molecule has 42 heavy (non-hydrogen) atoms. The van der Waals surface area contributed by atoms with E-state index in [4.69, 9.17) is 0 Å². The van der Waals surface area contributed by atoms with E-state index >= 15 is 0 Å². The molecular weight excluding hydrogens is 553 g/mol. The third kappa shape index (κ3) is 8.18. The lowest BCUT2D eigenvalue weighted by Crippen LogP contribution is -2.55. The first-order chi connectivity index (χ1) is 20.2. The molecule has 0 unspecified atom stereocenters. The van der Waals surface area contributed by atoms with Crippen molar-refractivity contribution in [1.29, 1.82) is 0 Å². The van der Waals surface area contributed by atoms with Gasteiger partial charge in [0.25, 0.3) is 5.91 Å². The molecule has 0 radical (unpaired) electrons. The lowest BCUT2D eigenvalue weighted by atomic mass is 9.99. The smallest absolute Gasteiger partial charge is 0.347 e. The summed E-state index contributed by atoms with van der Waals surface area (Å²) in [5, 5.41) is 20.6. The average molecular weight is 587 g/mol. The number of halogens is 3. The summed E-state index contributed by atoms with van der Waals surface area (Å²) >= 11 is 0. The fourth-order valence-electron chi connectivity index (χ4n) is 4.98. The van der Waals surface area contributed by atoms with Gasteiger partial charge in [-0.05, 0) is 52.4 Å². The van der Waals surface area contributed by atoms with E-state index in [0.29, 0.717) is 12.0 Å². The second-order valence-electron chi connectivity index (χ2n) is 10.3. The number of amides is 2. The number of carbonyl (C=O) groups excluding carboxylic acids is 3. The molecule has 1 saturated carbocycles. The number of alkyl halides is 3. The maximum atomic E-state index is 14.4. The molecule has 14 heteroatoms. The van der Waals surface area contributed by atoms with Gasteiger partial charge in [-0.25, -0.2) is 5.10 Å². The Morgan fingerprint density at radius 2 is 1.79 bits per heavy atom. The van der Waals surface area contributed by atoms with Crippen LogP contribution in [0.4, 0.5) is 13.2 Å². The van der Waals surface area contributed by atoms with E-state index in [1.54, 1.807) is 43.6 Å². The molecular formula is C28H33F3N8O3. The van der Waals surface area contributed by atoms with E-state index in [1.807, 2.05) is 0 Å². The van der Waals surface area contributed by atoms with Crippen molar-refractivity contribution in [2.24, 2.45) is 0 Å². The maximum absolute atomic E-state index is 14.4. The quantitative estimate of drug-likeness (QED) is 0.223. The van der Waals surface area contributed by atoms with E-state index in [2.05, 4.69) is 41.6 Å². The molecule has 3 aromatic rings. The van der Waals surface area contributed by atoms with Crippen LogP contribution in [0, 0.1) is 0 Å². The molecule has 2 amide bonds. The van der Waals surface area contributed by atoms with Gasteiger partial charge in [-0.3, -0.25) is 24.7 Å². The van der Waals surface area contributed by atoms with Crippen LogP contribution in [0.1, 0.15) is 62.9 Å². The van der Waals surface area contributed by atoms with Crippen molar-refractivity contribution in [3.63, 3.8) is 0 Å². The molecule has 0 aliphatic heterocycles. The van der Waals surface area contributed by atoms with Gasteiger partial charge in [0, 0.05) is 24.9 Å². The summed E-state index contributed by atoms with van der Waals surface area (Å²) in [4.78, 5) is 43.1. The largest absolute Gasteiger partial charge is 0.407 e. The van der Waals surface area contributed by atoms with Crippen LogP contribution in [0.3, 0.4) is 0 Å². The van der Waals surface area contributed by atoms with Gasteiger partial charge in [0.05, 0.1) is 12.1 Å². The molecule has 1 aliphatic carbocycles. The second-order valence-corrected chi connectivity index (χ2v) is 10.3. The topological polar surface area (TPSA) is 155 Å². The Hall–Kier alpha value is -4.20. The number of hydrogen-bond donors (Lipinski definition) is 4. The van der Waals surface area contributed by atoms with Gasteiger partial charge in [-0.2, -0.15) is 13.2 Å². The highest BCUT2D eigenvalue weighted by Crippen LogP contribution is 2.34. The van der Waals surface area contributed by atoms with Crippen molar-refractivity contribution in [3.8, 4) is 11.1 Å². The Labute approximate surface area is 240 Å². The van der Waals surface area contributed by atoms with Gasteiger partial charge in [0.1, 0.15) is 6.04 Å². The number of carbonyl (C=O) groups is 3. The van der Waals surface area contributed by atoms with Gasteiger partial charge in [0.2, 0.25) is 11.7 Å². The van der Waals surface area contributed by atoms with E-state index in [1.165, 1.54) is 12.1 Å². The number of aromatic amines is 1. The molecule has 0 saturated heterocycles. The fourth-order valence-corrected chi connectivity index (χ4v) is 4.98. The van der Waals surface area contributed by atoms with Gasteiger partial charge >= 0.3 is 6.18 Å². The number of pyridine rings is 1. The van der Waals surface area contributed by atoms with Crippen LogP contribution < -0.4 is 16.0 Å². The van der Waals surface area contributed by atoms with Crippen molar-refractivity contribution >= 4 is 17.6 Å². The average Bonchev–Trinajstić information content (AvgIpc) is 3.69. The number of nitrogens with one attached hydrogen (secondary N) is 4. The summed E-state index contributed by atoms with van der Waals surface area (Å²) < 4.78 is 43.2. The molecule has 4 rings (SSSR count). The van der Waals surface area contributed by atoms with Gasteiger partial charge in [-0.1, -0.05) is 56.5 Å². The SMILES string of the molecule is CCC[C@H](NC(=O)[C@H](Cc1nnn[nH]1)N[C@@H](c1ccc(-c2cccnc2)cc1)C(F)(F)F)C(=O)C(=O)NC1CCCC1. The number of H-pyrrole nitrogens is 1. The first-order valence-corrected chi connectivity index (χ1v) is 13.9. The zero-order valence-corrected chi connectivity index (χ0v) is 23.0. The van der Waals surface area contributed by atoms with E-state index in [-0.39, 0.29) is 30.3 Å². The van der Waals surface area contributed by atoms with E-state index in [9.17, 15) is 27.6 Å². The predicted molar refractivity (Wildman–Crippen MR) is 146 cm³/mol. The van der Waals surface area contributed by atoms with Crippen LogP contribution in [0.5, 0.6) is 0 Å². The third-order valence-corrected chi connectivity index (χ3v) is 7.16. The first kappa shape index (κ1) is 30.8. The molecule has 224 valence electrons. The van der Waals surface area contributed by atoms with Crippen molar-refractivity contribution < 1.29 is 27.6 Å². The zero-order chi connectivity index (χ0) is 30.1. The molecule has 0 spiro atoms. The minimum absolute atomic E-state index is 0.0628. The highest BCUT2D eigenvalue weighted by molar-refractivity contribution is 6.38. The molecule has 0 bridgehead atoms. The Morgan fingerprint density at radius 3 is 2.38 bits per heavy atom. The number of rotatable bonds is 13. The molecule has 1 aromatic carbocycles. The second kappa shape index (κ2) is 14.1. The highest BCUT2D eigenvalue weighted by atomic mass is 19.4. The Kier molecular flexibility index (Phi) is 10.3. The van der Waals surface area contributed by atoms with Crippen LogP contribution in [0.25, 0.3) is 11.1 Å². The summed E-state index contributed by atoms with van der Waals surface area (Å²) in [6.07, 6.45) is 2.10. The maximum Gasteiger partial charge on any atom is 0.407 e. The monoisotopic (exact) mass is 586 g/mol. The summed E-state index contributed by atoms with van der Waals surface area (Å²) in [6.45, 7) is 1.77. The predicted octanol–water partition coefficient (Wildman–Crippen LogP) is 2.98. The van der Waals surface area contributed by atoms with Crippen molar-refractivity contribution in [3.05, 3.63) is 60.2 Å². The van der Waals surface area contributed by atoms with Gasteiger partial charge in [0.15, 0.2) is 5.82 Å². The molecule has 2 aromatic heterocycles. The van der Waals surface area contributed by atoms with Crippen molar-refractivity contribution in [2.45, 2.75) is 82.2 Å². The third-order valence-electron chi connectivity index (χ3n) is 7.16. The van der Waals surface area contributed by atoms with Crippen LogP contribution >= 0.6 is 0 Å². The van der Waals surface area contributed by atoms with E-state index in [0.717, 1.165) is 31.2 Å². The number of hydrogen-bond acceptors (Lipinski definition) is 8. The van der Waals surface area contributed by atoms with Crippen LogP contribution in [0.15, 0.2) is 48.8 Å². The number of Topliss-reactive ketones (excluding diaryl/α,β-unsaturated/α-hetero) is 1. The summed E-state index contributed by atoms with van der Waals surface area (Å²) in [7, 11) is 0. The number of tetrazole rings is 1. The zero-order valence-electron chi connectivity index (χ0n) is 23.0. The standard InChI is InChI=1S/C28H33F3N8O3/c1-2-6-21(24(40)27(42)33-20-8-3-4-9-20)35-26(41)22(15-23-36-38-39-37-23)34-25(28(29,30)31)18-12-10-17(11-13-18)19-7-5-14-32-16-19/h5,7,10-14,16,20-22,25,34H,2-4,6,8-9,15H2,1H3,(H,33,42)(H,35,41)(H,36,37,38,39)/t21-,22-,25-/m0/s1. The van der Waals surface area contributed by atoms with Crippen molar-refractivity contribution in [2.75, 3.05) is 0 Å². The molecule has 4 N–H and O–H groups in total. The molecule has 2 heterocycles.